The van der Waals surface area contributed by atoms with E-state index in [0.29, 0.717) is 19.3 Å². The van der Waals surface area contributed by atoms with Gasteiger partial charge in [0.1, 0.15) is 5.57 Å². The van der Waals surface area contributed by atoms with Crippen molar-refractivity contribution < 1.29 is 63.3 Å². The third-order valence-electron chi connectivity index (χ3n) is 3.96. The Morgan fingerprint density at radius 2 is 1.19 bits per heavy atom. The van der Waals surface area contributed by atoms with E-state index in [2.05, 4.69) is 16.1 Å². The number of ether oxygens (including phenoxy) is 3. The number of carbonyl (C=O) groups is 2. The fourth-order valence-electron chi connectivity index (χ4n) is 1.57. The Hall–Kier alpha value is -1.99. The average Bonchev–Trinajstić information content (AvgIpc) is 2.76. The first-order valence-electron chi connectivity index (χ1n) is 11.1. The van der Waals surface area contributed by atoms with Gasteiger partial charge >= 0.3 is 30.5 Å². The van der Waals surface area contributed by atoms with E-state index in [1.165, 1.54) is 13.8 Å². The summed E-state index contributed by atoms with van der Waals surface area (Å²) in [7, 11) is 0. The molecule has 2 unspecified atom stereocenters. The van der Waals surface area contributed by atoms with Crippen LogP contribution in [0, 0.1) is 11.8 Å². The van der Waals surface area contributed by atoms with Crippen molar-refractivity contribution >= 4 is 11.9 Å². The van der Waals surface area contributed by atoms with Crippen LogP contribution in [0.3, 0.4) is 0 Å². The minimum absolute atomic E-state index is 0.000802. The Labute approximate surface area is 205 Å². The molecule has 0 radical (unpaired) electrons. The lowest BCUT2D eigenvalue weighted by Crippen LogP contribution is -2.36. The highest BCUT2D eigenvalue weighted by Gasteiger charge is 2.46. The van der Waals surface area contributed by atoms with Crippen LogP contribution >= 0.6 is 0 Å². The number of hydrogen-bond acceptors (Lipinski definition) is 5. The molecule has 216 valence electrons. The SMILES string of the molecule is C=C(C(=O)OCCC)C(F)(F)F.CCC(C)C(F)(F)F.CCCOCC(C(=O)OCCC)C(F)(F)F. The predicted octanol–water partition coefficient (Wildman–Crippen LogP) is 7.20. The van der Waals surface area contributed by atoms with E-state index in [-0.39, 0.29) is 26.2 Å². The van der Waals surface area contributed by atoms with Crippen molar-refractivity contribution in [2.45, 2.75) is 78.8 Å². The van der Waals surface area contributed by atoms with Crippen molar-refractivity contribution in [3.63, 3.8) is 0 Å². The van der Waals surface area contributed by atoms with Crippen molar-refractivity contribution in [1.82, 2.24) is 0 Å². The summed E-state index contributed by atoms with van der Waals surface area (Å²) in [6.07, 6.45) is -11.5. The molecular weight excluding hydrogens is 515 g/mol. The zero-order valence-corrected chi connectivity index (χ0v) is 21.0. The van der Waals surface area contributed by atoms with Crippen LogP contribution in [0.2, 0.25) is 0 Å². The normalized spacial score (nSPS) is 13.3. The molecule has 36 heavy (non-hydrogen) atoms. The van der Waals surface area contributed by atoms with Gasteiger partial charge in [-0.15, -0.1) is 0 Å². The molecule has 0 saturated carbocycles. The first-order chi connectivity index (χ1) is 16.3. The smallest absolute Gasteiger partial charge is 0.422 e. The van der Waals surface area contributed by atoms with Crippen LogP contribution in [-0.4, -0.2) is 56.9 Å². The van der Waals surface area contributed by atoms with Gasteiger partial charge in [-0.1, -0.05) is 41.2 Å². The predicted molar refractivity (Wildman–Crippen MR) is 114 cm³/mol. The maximum atomic E-state index is 12.4. The van der Waals surface area contributed by atoms with Gasteiger partial charge in [0, 0.05) is 6.61 Å². The van der Waals surface area contributed by atoms with Crippen molar-refractivity contribution in [1.29, 1.82) is 0 Å². The Morgan fingerprint density at radius 3 is 1.50 bits per heavy atom. The number of carbonyl (C=O) groups excluding carboxylic acids is 2. The number of hydrogen-bond donors (Lipinski definition) is 0. The van der Waals surface area contributed by atoms with E-state index < -0.39 is 54.5 Å². The molecule has 0 bridgehead atoms. The fourth-order valence-corrected chi connectivity index (χ4v) is 1.57. The third kappa shape index (κ3) is 20.2. The lowest BCUT2D eigenvalue weighted by Gasteiger charge is -2.18. The second-order valence-electron chi connectivity index (χ2n) is 7.30. The number of halogens is 9. The maximum absolute atomic E-state index is 12.4. The molecule has 5 nitrogen and oxygen atoms in total. The fraction of sp³-hybridized carbons (Fsp3) is 0.818. The molecule has 0 amide bonds. The first kappa shape index (κ1) is 38.5. The summed E-state index contributed by atoms with van der Waals surface area (Å²) in [5.74, 6) is -5.98. The molecular formula is C22H35F9O5. The second-order valence-corrected chi connectivity index (χ2v) is 7.30. The minimum atomic E-state index is -4.69. The summed E-state index contributed by atoms with van der Waals surface area (Å²) in [5, 5.41) is 0. The van der Waals surface area contributed by atoms with Gasteiger partial charge in [0.25, 0.3) is 0 Å². The van der Waals surface area contributed by atoms with Gasteiger partial charge in [0.2, 0.25) is 0 Å². The van der Waals surface area contributed by atoms with E-state index in [4.69, 9.17) is 4.74 Å². The van der Waals surface area contributed by atoms with E-state index in [1.54, 1.807) is 20.8 Å². The lowest BCUT2D eigenvalue weighted by atomic mass is 10.1. The highest BCUT2D eigenvalue weighted by Crippen LogP contribution is 2.28. The molecule has 0 saturated heterocycles. The third-order valence-corrected chi connectivity index (χ3v) is 3.96. The number of rotatable bonds is 11. The van der Waals surface area contributed by atoms with Gasteiger partial charge in [-0.05, 0) is 25.7 Å². The van der Waals surface area contributed by atoms with Crippen LogP contribution in [0.1, 0.15) is 60.3 Å². The van der Waals surface area contributed by atoms with E-state index in [9.17, 15) is 49.1 Å². The number of alkyl halides is 9. The summed E-state index contributed by atoms with van der Waals surface area (Å²) in [4.78, 5) is 21.6. The molecule has 0 aromatic carbocycles. The molecule has 0 rings (SSSR count). The van der Waals surface area contributed by atoms with Gasteiger partial charge in [-0.2, -0.15) is 39.5 Å². The highest BCUT2D eigenvalue weighted by molar-refractivity contribution is 5.89. The van der Waals surface area contributed by atoms with Gasteiger partial charge in [0.15, 0.2) is 5.92 Å². The van der Waals surface area contributed by atoms with Crippen LogP contribution in [0.5, 0.6) is 0 Å². The Morgan fingerprint density at radius 1 is 0.750 bits per heavy atom. The molecule has 0 aliphatic rings. The van der Waals surface area contributed by atoms with Crippen molar-refractivity contribution in [3.05, 3.63) is 12.2 Å². The van der Waals surface area contributed by atoms with Crippen LogP contribution in [0.25, 0.3) is 0 Å². The van der Waals surface area contributed by atoms with Gasteiger partial charge in [-0.25, -0.2) is 4.79 Å². The van der Waals surface area contributed by atoms with Crippen LogP contribution < -0.4 is 0 Å². The Bertz CT molecular complexity index is 615. The molecule has 2 atom stereocenters. The average molecular weight is 550 g/mol. The number of esters is 2. The molecule has 0 N–H and O–H groups in total. The van der Waals surface area contributed by atoms with E-state index in [0.717, 1.165) is 0 Å². The molecule has 0 aliphatic carbocycles. The summed E-state index contributed by atoms with van der Waals surface area (Å²) >= 11 is 0. The zero-order valence-electron chi connectivity index (χ0n) is 21.0. The molecule has 0 aliphatic heterocycles. The summed E-state index contributed by atoms with van der Waals surface area (Å²) in [6.45, 7) is 9.97. The summed E-state index contributed by atoms with van der Waals surface area (Å²) < 4.78 is 120. The molecule has 0 fully saturated rings. The standard InChI is InChI=1S/C10H17F3O3.C7H9F3O2.C5H9F3/c1-3-5-15-7-8(10(11,12)13)9(14)16-6-4-2;1-3-4-12-6(11)5(2)7(8,9)10;1-3-4(2)5(6,7)8/h8H,3-7H2,1-2H3;2-4H2,1H3;4H,3H2,1-2H3. The van der Waals surface area contributed by atoms with Crippen molar-refractivity contribution in [3.8, 4) is 0 Å². The first-order valence-corrected chi connectivity index (χ1v) is 11.1. The van der Waals surface area contributed by atoms with Gasteiger partial charge < -0.3 is 14.2 Å². The largest absolute Gasteiger partial charge is 0.465 e. The molecule has 0 spiro atoms. The Kier molecular flexibility index (Phi) is 20.5. The van der Waals surface area contributed by atoms with Crippen LogP contribution in [0.15, 0.2) is 12.2 Å². The zero-order chi connectivity index (χ0) is 29.2. The van der Waals surface area contributed by atoms with Gasteiger partial charge in [-0.3, -0.25) is 4.79 Å². The van der Waals surface area contributed by atoms with Crippen LogP contribution in [-0.2, 0) is 23.8 Å². The highest BCUT2D eigenvalue weighted by atomic mass is 19.4. The Balaban J connectivity index is -0.000000481. The minimum Gasteiger partial charge on any atom is -0.465 e. The summed E-state index contributed by atoms with van der Waals surface area (Å²) in [6, 6.07) is 0. The summed E-state index contributed by atoms with van der Waals surface area (Å²) in [5.41, 5.74) is -1.46. The topological polar surface area (TPSA) is 61.8 Å². The quantitative estimate of drug-likeness (QED) is 0.118. The maximum Gasteiger partial charge on any atom is 0.422 e. The second kappa shape index (κ2) is 19.2. The van der Waals surface area contributed by atoms with Crippen molar-refractivity contribution in [2.75, 3.05) is 26.4 Å². The van der Waals surface area contributed by atoms with Gasteiger partial charge in [0.05, 0.1) is 25.7 Å². The van der Waals surface area contributed by atoms with Crippen molar-refractivity contribution in [2.24, 2.45) is 11.8 Å². The van der Waals surface area contributed by atoms with Crippen LogP contribution in [0.4, 0.5) is 39.5 Å². The molecule has 0 aromatic heterocycles. The molecule has 14 heteroatoms. The molecule has 0 aromatic rings. The van der Waals surface area contributed by atoms with E-state index in [1.807, 2.05) is 0 Å². The molecule has 0 heterocycles. The van der Waals surface area contributed by atoms with E-state index >= 15 is 0 Å². The lowest BCUT2D eigenvalue weighted by molar-refractivity contribution is -0.206. The monoisotopic (exact) mass is 550 g/mol.